The zero-order valence-electron chi connectivity index (χ0n) is 14.1. The van der Waals surface area contributed by atoms with Crippen LogP contribution in [0.2, 0.25) is 0 Å². The number of carbonyl (C=O) groups is 2. The Labute approximate surface area is 152 Å². The van der Waals surface area contributed by atoms with E-state index in [-0.39, 0.29) is 41.3 Å². The minimum absolute atomic E-state index is 0. The van der Waals surface area contributed by atoms with Crippen LogP contribution in [0, 0.1) is 6.92 Å². The highest BCUT2D eigenvalue weighted by Crippen LogP contribution is 2.15. The van der Waals surface area contributed by atoms with E-state index in [0.29, 0.717) is 17.6 Å². The fourth-order valence-corrected chi connectivity index (χ4v) is 3.16. The van der Waals surface area contributed by atoms with Gasteiger partial charge in [0.05, 0.1) is 11.0 Å². The molecular formula is C15H25ClN4O3S. The summed E-state index contributed by atoms with van der Waals surface area (Å²) in [5.74, 6) is 1.09. The van der Waals surface area contributed by atoms with Crippen molar-refractivity contribution in [1.82, 2.24) is 15.8 Å². The Balaban J connectivity index is 0.00000288. The van der Waals surface area contributed by atoms with Gasteiger partial charge in [0, 0.05) is 18.2 Å². The van der Waals surface area contributed by atoms with E-state index in [0.717, 1.165) is 19.4 Å². The van der Waals surface area contributed by atoms with Crippen LogP contribution in [-0.4, -0.2) is 46.6 Å². The highest BCUT2D eigenvalue weighted by molar-refractivity contribution is 8.01. The van der Waals surface area contributed by atoms with Crippen molar-refractivity contribution in [3.63, 3.8) is 0 Å². The maximum Gasteiger partial charge on any atom is 0.238 e. The van der Waals surface area contributed by atoms with E-state index >= 15 is 0 Å². The average Bonchev–Trinajstić information content (AvgIpc) is 2.90. The monoisotopic (exact) mass is 376 g/mol. The quantitative estimate of drug-likeness (QED) is 0.699. The van der Waals surface area contributed by atoms with Gasteiger partial charge in [-0.1, -0.05) is 5.16 Å². The third kappa shape index (κ3) is 6.70. The van der Waals surface area contributed by atoms with Gasteiger partial charge in [-0.2, -0.15) is 0 Å². The standard InChI is InChI=1S/C15H24N4O3S.ClH/c1-9-6-12(4-5-16-9)17-14(20)8-23-11(3)15(21)18-13-7-10(2)22-19-13;/h7,9,11-12,16H,4-6,8H2,1-3H3,(H,17,20)(H,18,19,21);1H. The molecule has 0 radical (unpaired) electrons. The van der Waals surface area contributed by atoms with Crippen molar-refractivity contribution in [2.45, 2.75) is 50.9 Å². The number of aryl methyl sites for hydroxylation is 1. The Morgan fingerprint density at radius 3 is 2.92 bits per heavy atom. The first kappa shape index (κ1) is 20.8. The molecule has 24 heavy (non-hydrogen) atoms. The molecule has 1 aliphatic rings. The molecule has 0 saturated carbocycles. The normalized spacial score (nSPS) is 21.5. The molecule has 0 bridgehead atoms. The molecule has 0 aliphatic carbocycles. The van der Waals surface area contributed by atoms with Gasteiger partial charge >= 0.3 is 0 Å². The van der Waals surface area contributed by atoms with Crippen LogP contribution in [0.25, 0.3) is 0 Å². The molecule has 1 saturated heterocycles. The lowest BCUT2D eigenvalue weighted by molar-refractivity contribution is -0.119. The van der Waals surface area contributed by atoms with Gasteiger partial charge in [-0.25, -0.2) is 0 Å². The van der Waals surface area contributed by atoms with Crippen molar-refractivity contribution in [1.29, 1.82) is 0 Å². The van der Waals surface area contributed by atoms with E-state index in [2.05, 4.69) is 28.0 Å². The van der Waals surface area contributed by atoms with Crippen LogP contribution < -0.4 is 16.0 Å². The molecule has 1 aromatic heterocycles. The van der Waals surface area contributed by atoms with Crippen LogP contribution in [0.15, 0.2) is 10.6 Å². The molecule has 9 heteroatoms. The van der Waals surface area contributed by atoms with Gasteiger partial charge in [0.15, 0.2) is 5.82 Å². The van der Waals surface area contributed by atoms with Crippen LogP contribution in [0.4, 0.5) is 5.82 Å². The third-order valence-electron chi connectivity index (χ3n) is 3.70. The molecule has 1 fully saturated rings. The lowest BCUT2D eigenvalue weighted by Crippen LogP contribution is -2.47. The Hall–Kier alpha value is -1.25. The Morgan fingerprint density at radius 2 is 2.29 bits per heavy atom. The average molecular weight is 377 g/mol. The second-order valence-electron chi connectivity index (χ2n) is 5.91. The number of amides is 2. The fourth-order valence-electron chi connectivity index (χ4n) is 2.46. The second-order valence-corrected chi connectivity index (χ2v) is 7.24. The molecule has 7 nitrogen and oxygen atoms in total. The van der Waals surface area contributed by atoms with E-state index in [9.17, 15) is 9.59 Å². The minimum atomic E-state index is -0.343. The van der Waals surface area contributed by atoms with Gasteiger partial charge in [-0.3, -0.25) is 9.59 Å². The number of anilines is 1. The number of nitrogens with zero attached hydrogens (tertiary/aromatic N) is 1. The molecule has 2 heterocycles. The smallest absolute Gasteiger partial charge is 0.238 e. The van der Waals surface area contributed by atoms with Crippen LogP contribution in [0.3, 0.4) is 0 Å². The summed E-state index contributed by atoms with van der Waals surface area (Å²) in [6.45, 7) is 6.57. The largest absolute Gasteiger partial charge is 0.360 e. The summed E-state index contributed by atoms with van der Waals surface area (Å²) < 4.78 is 4.90. The summed E-state index contributed by atoms with van der Waals surface area (Å²) in [5, 5.41) is 12.4. The molecule has 3 N–H and O–H groups in total. The van der Waals surface area contributed by atoms with E-state index in [4.69, 9.17) is 4.52 Å². The number of hydrogen-bond acceptors (Lipinski definition) is 6. The van der Waals surface area contributed by atoms with Crippen molar-refractivity contribution in [2.75, 3.05) is 17.6 Å². The summed E-state index contributed by atoms with van der Waals surface area (Å²) in [7, 11) is 0. The Bertz CT molecular complexity index is 555. The summed E-state index contributed by atoms with van der Waals surface area (Å²) in [6, 6.07) is 2.30. The zero-order chi connectivity index (χ0) is 16.8. The maximum absolute atomic E-state index is 12.0. The third-order valence-corrected chi connectivity index (χ3v) is 4.84. The zero-order valence-corrected chi connectivity index (χ0v) is 15.8. The molecule has 1 aromatic rings. The second kappa shape index (κ2) is 9.90. The molecule has 0 spiro atoms. The van der Waals surface area contributed by atoms with Crippen molar-refractivity contribution >= 4 is 41.8 Å². The molecular weight excluding hydrogens is 352 g/mol. The minimum Gasteiger partial charge on any atom is -0.360 e. The van der Waals surface area contributed by atoms with Gasteiger partial charge in [0.2, 0.25) is 11.8 Å². The van der Waals surface area contributed by atoms with Gasteiger partial charge in [0.25, 0.3) is 0 Å². The van der Waals surface area contributed by atoms with Crippen molar-refractivity contribution in [3.8, 4) is 0 Å². The summed E-state index contributed by atoms with van der Waals surface area (Å²) >= 11 is 1.31. The van der Waals surface area contributed by atoms with Gasteiger partial charge in [-0.05, 0) is 40.2 Å². The SMILES string of the molecule is Cc1cc(NC(=O)C(C)SCC(=O)NC2CCNC(C)C2)no1.Cl. The molecule has 2 rings (SSSR count). The van der Waals surface area contributed by atoms with E-state index < -0.39 is 0 Å². The molecule has 3 atom stereocenters. The first-order valence-corrected chi connectivity index (χ1v) is 8.87. The maximum atomic E-state index is 12.0. The number of halogens is 1. The first-order valence-electron chi connectivity index (χ1n) is 7.82. The van der Waals surface area contributed by atoms with Crippen LogP contribution in [0.1, 0.15) is 32.4 Å². The lowest BCUT2D eigenvalue weighted by Gasteiger charge is -2.28. The van der Waals surface area contributed by atoms with E-state index in [1.165, 1.54) is 11.8 Å². The predicted molar refractivity (Wildman–Crippen MR) is 97.7 cm³/mol. The molecule has 0 aromatic carbocycles. The Morgan fingerprint density at radius 1 is 1.54 bits per heavy atom. The fraction of sp³-hybridized carbons (Fsp3) is 0.667. The molecule has 3 unspecified atom stereocenters. The van der Waals surface area contributed by atoms with Crippen molar-refractivity contribution < 1.29 is 14.1 Å². The van der Waals surface area contributed by atoms with Crippen molar-refractivity contribution in [2.24, 2.45) is 0 Å². The molecule has 2 amide bonds. The van der Waals surface area contributed by atoms with E-state index in [1.54, 1.807) is 19.9 Å². The topological polar surface area (TPSA) is 96.3 Å². The van der Waals surface area contributed by atoms with Gasteiger partial charge in [-0.15, -0.1) is 24.2 Å². The number of rotatable bonds is 6. The molecule has 1 aliphatic heterocycles. The van der Waals surface area contributed by atoms with Crippen molar-refractivity contribution in [3.05, 3.63) is 11.8 Å². The number of piperidine rings is 1. The van der Waals surface area contributed by atoms with Crippen LogP contribution >= 0.6 is 24.2 Å². The number of aromatic nitrogens is 1. The summed E-state index contributed by atoms with van der Waals surface area (Å²) in [6.07, 6.45) is 1.89. The van der Waals surface area contributed by atoms with E-state index in [1.807, 2.05) is 0 Å². The lowest BCUT2D eigenvalue weighted by atomic mass is 10.0. The first-order chi connectivity index (χ1) is 10.9. The summed E-state index contributed by atoms with van der Waals surface area (Å²) in [5.41, 5.74) is 0. The summed E-state index contributed by atoms with van der Waals surface area (Å²) in [4.78, 5) is 24.0. The number of hydrogen-bond donors (Lipinski definition) is 3. The van der Waals surface area contributed by atoms with Gasteiger partial charge < -0.3 is 20.5 Å². The van der Waals surface area contributed by atoms with Gasteiger partial charge in [0.1, 0.15) is 5.76 Å². The van der Waals surface area contributed by atoms with Crippen LogP contribution in [0.5, 0.6) is 0 Å². The Kier molecular flexibility index (Phi) is 8.58. The number of thioether (sulfide) groups is 1. The highest BCUT2D eigenvalue weighted by atomic mass is 35.5. The number of carbonyl (C=O) groups excluding carboxylic acids is 2. The number of nitrogens with one attached hydrogen (secondary N) is 3. The predicted octanol–water partition coefficient (Wildman–Crippen LogP) is 1.72. The highest BCUT2D eigenvalue weighted by Gasteiger charge is 2.21. The molecule has 136 valence electrons. The van der Waals surface area contributed by atoms with Crippen LogP contribution in [-0.2, 0) is 9.59 Å².